The maximum atomic E-state index is 6.54. The largest absolute Gasteiger partial charge is 0.455 e. The molecule has 9 aromatic rings. The van der Waals surface area contributed by atoms with Crippen molar-refractivity contribution >= 4 is 43.7 Å². The van der Waals surface area contributed by atoms with E-state index in [1.54, 1.807) is 0 Å². The van der Waals surface area contributed by atoms with Crippen molar-refractivity contribution in [3.8, 4) is 39.3 Å². The number of hydrogen-bond acceptors (Lipinski definition) is 2. The van der Waals surface area contributed by atoms with Gasteiger partial charge in [-0.05, 0) is 53.8 Å². The molecule has 0 unspecified atom stereocenters. The van der Waals surface area contributed by atoms with E-state index in [0.29, 0.717) is 0 Å². The number of aryl methyl sites for hydroxylation is 1. The first-order chi connectivity index (χ1) is 22.2. The lowest BCUT2D eigenvalue weighted by atomic mass is 9.97. The van der Waals surface area contributed by atoms with Gasteiger partial charge in [0, 0.05) is 32.8 Å². The number of furan rings is 1. The summed E-state index contributed by atoms with van der Waals surface area (Å²) in [5.74, 6) is 0.899. The van der Waals surface area contributed by atoms with Gasteiger partial charge in [0.1, 0.15) is 17.0 Å². The van der Waals surface area contributed by atoms with Gasteiger partial charge < -0.3 is 4.42 Å². The van der Waals surface area contributed by atoms with E-state index < -0.39 is 0 Å². The average Bonchev–Trinajstić information content (AvgIpc) is 3.67. The molecule has 2 heterocycles. The summed E-state index contributed by atoms with van der Waals surface area (Å²) in [4.78, 5) is 5.28. The molecule has 0 bridgehead atoms. The van der Waals surface area contributed by atoms with Crippen LogP contribution in [0.5, 0.6) is 0 Å². The normalized spacial score (nSPS) is 11.7. The number of hydrogen-bond donors (Lipinski definition) is 0. The van der Waals surface area contributed by atoms with E-state index in [1.165, 1.54) is 21.9 Å². The molecule has 0 N–H and O–H groups in total. The quantitative estimate of drug-likeness (QED) is 0.209. The molecule has 0 amide bonds. The second kappa shape index (κ2) is 10.1. The molecule has 9 rings (SSSR count). The summed E-state index contributed by atoms with van der Waals surface area (Å²) >= 11 is 0. The molecule has 0 spiro atoms. The van der Waals surface area contributed by atoms with E-state index in [1.807, 2.05) is 0 Å². The Morgan fingerprint density at radius 3 is 2.16 bits per heavy atom. The lowest BCUT2D eigenvalue weighted by molar-refractivity contribution is 0.670. The fourth-order valence-electron chi connectivity index (χ4n) is 6.69. The molecule has 0 aliphatic carbocycles. The summed E-state index contributed by atoms with van der Waals surface area (Å²) in [7, 11) is 0. The topological polar surface area (TPSA) is 31.0 Å². The minimum Gasteiger partial charge on any atom is -0.455 e. The van der Waals surface area contributed by atoms with E-state index in [9.17, 15) is 0 Å². The van der Waals surface area contributed by atoms with Crippen LogP contribution in [-0.2, 0) is 0 Å². The Hall–Kier alpha value is -5.93. The third-order valence-corrected chi connectivity index (χ3v) is 8.89. The van der Waals surface area contributed by atoms with E-state index in [-0.39, 0.29) is 0 Å². The molecule has 0 aliphatic heterocycles. The molecule has 0 radical (unpaired) electrons. The van der Waals surface area contributed by atoms with Crippen LogP contribution >= 0.6 is 0 Å². The number of para-hydroxylation sites is 3. The van der Waals surface area contributed by atoms with Crippen molar-refractivity contribution in [1.29, 1.82) is 0 Å². The van der Waals surface area contributed by atoms with Crippen molar-refractivity contribution in [2.45, 2.75) is 6.92 Å². The maximum Gasteiger partial charge on any atom is 0.145 e. The predicted molar refractivity (Wildman–Crippen MR) is 187 cm³/mol. The zero-order chi connectivity index (χ0) is 29.9. The first-order valence-corrected chi connectivity index (χ1v) is 15.3. The van der Waals surface area contributed by atoms with Crippen LogP contribution in [0.2, 0.25) is 0 Å². The molecule has 0 saturated heterocycles. The van der Waals surface area contributed by atoms with Gasteiger partial charge in [-0.15, -0.1) is 0 Å². The molecule has 7 aromatic carbocycles. The van der Waals surface area contributed by atoms with Crippen LogP contribution in [0.15, 0.2) is 156 Å². The highest BCUT2D eigenvalue weighted by molar-refractivity contribution is 6.11. The zero-order valence-electron chi connectivity index (χ0n) is 24.7. The summed E-state index contributed by atoms with van der Waals surface area (Å²) < 4.78 is 8.89. The van der Waals surface area contributed by atoms with Gasteiger partial charge in [0.15, 0.2) is 0 Å². The Bertz CT molecular complexity index is 2540. The Morgan fingerprint density at radius 1 is 0.533 bits per heavy atom. The van der Waals surface area contributed by atoms with Gasteiger partial charge >= 0.3 is 0 Å². The van der Waals surface area contributed by atoms with Crippen LogP contribution in [-0.4, -0.2) is 9.55 Å². The molecule has 212 valence electrons. The van der Waals surface area contributed by atoms with Crippen molar-refractivity contribution in [2.75, 3.05) is 0 Å². The lowest BCUT2D eigenvalue weighted by Crippen LogP contribution is -2.01. The third kappa shape index (κ3) is 4.09. The standard InChI is InChI=1S/C42H28N2O/c1-27-18-20-30(21-19-27)34-14-9-15-35-36-26-31(23-25-39(36)45-41(34)35)42-43-37-16-7-8-17-38(37)44(42)40-32-13-6-5-12-29(32)22-24-33(40)28-10-3-2-4-11-28/h2-26H,1H3. The van der Waals surface area contributed by atoms with Crippen LogP contribution in [0.25, 0.3) is 83.1 Å². The van der Waals surface area contributed by atoms with Gasteiger partial charge in [0.25, 0.3) is 0 Å². The Morgan fingerprint density at radius 2 is 1.27 bits per heavy atom. The van der Waals surface area contributed by atoms with Crippen LogP contribution in [0, 0.1) is 6.92 Å². The van der Waals surface area contributed by atoms with Crippen molar-refractivity contribution in [3.63, 3.8) is 0 Å². The molecule has 0 fully saturated rings. The predicted octanol–water partition coefficient (Wildman–Crippen LogP) is 11.4. The Labute approximate surface area is 260 Å². The van der Waals surface area contributed by atoms with Crippen molar-refractivity contribution in [2.24, 2.45) is 0 Å². The second-order valence-corrected chi connectivity index (χ2v) is 11.7. The number of aromatic nitrogens is 2. The number of rotatable bonds is 4. The molecule has 3 nitrogen and oxygen atoms in total. The fourth-order valence-corrected chi connectivity index (χ4v) is 6.69. The van der Waals surface area contributed by atoms with Gasteiger partial charge in [-0.3, -0.25) is 4.57 Å². The molecule has 0 saturated carbocycles. The van der Waals surface area contributed by atoms with Gasteiger partial charge in [-0.25, -0.2) is 4.98 Å². The summed E-state index contributed by atoms with van der Waals surface area (Å²) in [5, 5.41) is 4.55. The summed E-state index contributed by atoms with van der Waals surface area (Å²) in [6, 6.07) is 53.7. The Kier molecular flexibility index (Phi) is 5.72. The van der Waals surface area contributed by atoms with E-state index in [4.69, 9.17) is 9.40 Å². The van der Waals surface area contributed by atoms with E-state index in [2.05, 4.69) is 163 Å². The number of benzene rings is 7. The summed E-state index contributed by atoms with van der Waals surface area (Å²) in [6.45, 7) is 2.11. The van der Waals surface area contributed by atoms with Gasteiger partial charge in [-0.1, -0.05) is 127 Å². The Balaban J connectivity index is 1.33. The average molecular weight is 577 g/mol. The molecular formula is C42H28N2O. The van der Waals surface area contributed by atoms with Crippen LogP contribution < -0.4 is 0 Å². The van der Waals surface area contributed by atoms with Gasteiger partial charge in [-0.2, -0.15) is 0 Å². The lowest BCUT2D eigenvalue weighted by Gasteiger charge is -2.18. The maximum absolute atomic E-state index is 6.54. The van der Waals surface area contributed by atoms with E-state index in [0.717, 1.165) is 66.7 Å². The summed E-state index contributed by atoms with van der Waals surface area (Å²) in [5.41, 5.74) is 11.8. The first-order valence-electron chi connectivity index (χ1n) is 15.3. The second-order valence-electron chi connectivity index (χ2n) is 11.7. The number of imidazole rings is 1. The molecule has 0 atom stereocenters. The highest BCUT2D eigenvalue weighted by Gasteiger charge is 2.21. The van der Waals surface area contributed by atoms with Crippen molar-refractivity contribution < 1.29 is 4.42 Å². The fraction of sp³-hybridized carbons (Fsp3) is 0.0238. The van der Waals surface area contributed by atoms with Gasteiger partial charge in [0.05, 0.1) is 16.7 Å². The molecule has 2 aromatic heterocycles. The van der Waals surface area contributed by atoms with Gasteiger partial charge in [0.2, 0.25) is 0 Å². The smallest absolute Gasteiger partial charge is 0.145 e. The first kappa shape index (κ1) is 25.6. The monoisotopic (exact) mass is 576 g/mol. The van der Waals surface area contributed by atoms with Crippen LogP contribution in [0.1, 0.15) is 5.56 Å². The number of nitrogens with zero attached hydrogens (tertiary/aromatic N) is 2. The van der Waals surface area contributed by atoms with E-state index >= 15 is 0 Å². The number of fused-ring (bicyclic) bond motifs is 5. The third-order valence-electron chi connectivity index (χ3n) is 8.89. The molecule has 0 aliphatic rings. The summed E-state index contributed by atoms with van der Waals surface area (Å²) in [6.07, 6.45) is 0. The van der Waals surface area contributed by atoms with Crippen LogP contribution in [0.4, 0.5) is 0 Å². The SMILES string of the molecule is Cc1ccc(-c2cccc3c2oc2ccc(-c4nc5ccccc5n4-c4c(-c5ccccc5)ccc5ccccc45)cc23)cc1. The minimum absolute atomic E-state index is 0.867. The molecule has 3 heteroatoms. The zero-order valence-corrected chi connectivity index (χ0v) is 24.7. The molecule has 45 heavy (non-hydrogen) atoms. The highest BCUT2D eigenvalue weighted by Crippen LogP contribution is 2.41. The highest BCUT2D eigenvalue weighted by atomic mass is 16.3. The van der Waals surface area contributed by atoms with Crippen LogP contribution in [0.3, 0.4) is 0 Å². The molecular weight excluding hydrogens is 548 g/mol. The minimum atomic E-state index is 0.867. The van der Waals surface area contributed by atoms with Crippen molar-refractivity contribution in [1.82, 2.24) is 9.55 Å². The van der Waals surface area contributed by atoms with Crippen molar-refractivity contribution in [3.05, 3.63) is 157 Å².